The topological polar surface area (TPSA) is 88.3 Å². The molecule has 0 radical (unpaired) electrons. The number of alkyl halides is 3. The zero-order valence-electron chi connectivity index (χ0n) is 18.1. The van der Waals surface area contributed by atoms with Crippen LogP contribution in [0.1, 0.15) is 51.9 Å². The number of hydrogen-bond acceptors (Lipinski definition) is 5. The van der Waals surface area contributed by atoms with E-state index in [0.29, 0.717) is 47.7 Å². The lowest BCUT2D eigenvalue weighted by molar-refractivity contribution is -0.255. The normalized spacial score (nSPS) is 13.9. The molecule has 0 aliphatic heterocycles. The van der Waals surface area contributed by atoms with Crippen molar-refractivity contribution in [2.45, 2.75) is 32.0 Å². The van der Waals surface area contributed by atoms with Crippen LogP contribution in [-0.4, -0.2) is 11.0 Å². The summed E-state index contributed by atoms with van der Waals surface area (Å²) >= 11 is 6.04. The Morgan fingerprint density at radius 2 is 1.86 bits per heavy atom. The van der Waals surface area contributed by atoms with Gasteiger partial charge >= 0.3 is 6.18 Å². The molecule has 1 aliphatic rings. The molecule has 3 aromatic rings. The molecular weight excluding hydrogens is 488 g/mol. The summed E-state index contributed by atoms with van der Waals surface area (Å²) in [4.78, 5) is 15.3. The highest BCUT2D eigenvalue weighted by Gasteiger charge is 2.33. The van der Waals surface area contributed by atoms with Gasteiger partial charge in [-0.3, -0.25) is 0 Å². The number of rotatable bonds is 6. The second-order valence-electron chi connectivity index (χ2n) is 8.04. The van der Waals surface area contributed by atoms with E-state index in [2.05, 4.69) is 4.98 Å². The number of aromatic carboxylic acids is 1. The largest absolute Gasteiger partial charge is 0.545 e. The van der Waals surface area contributed by atoms with Crippen LogP contribution >= 0.6 is 11.6 Å². The van der Waals surface area contributed by atoms with Crippen LogP contribution < -0.4 is 15.6 Å². The van der Waals surface area contributed by atoms with Crippen molar-refractivity contribution in [1.29, 1.82) is 0 Å². The van der Waals surface area contributed by atoms with Crippen molar-refractivity contribution < 1.29 is 32.2 Å². The predicted molar refractivity (Wildman–Crippen MR) is 121 cm³/mol. The minimum absolute atomic E-state index is 0.0585. The van der Waals surface area contributed by atoms with Crippen LogP contribution in [0.15, 0.2) is 48.7 Å². The number of ether oxygens (including phenoxy) is 1. The quantitative estimate of drug-likeness (QED) is 0.352. The summed E-state index contributed by atoms with van der Waals surface area (Å²) < 4.78 is 59.6. The summed E-state index contributed by atoms with van der Waals surface area (Å²) in [5.41, 5.74) is 7.16. The van der Waals surface area contributed by atoms with E-state index in [1.54, 1.807) is 6.07 Å². The molecule has 2 aromatic carbocycles. The number of aromatic nitrogens is 1. The van der Waals surface area contributed by atoms with Crippen LogP contribution in [0.2, 0.25) is 5.02 Å². The zero-order valence-corrected chi connectivity index (χ0v) is 18.8. The number of benzene rings is 2. The number of carboxylic acids is 1. The summed E-state index contributed by atoms with van der Waals surface area (Å²) in [6.07, 6.45) is -2.43. The van der Waals surface area contributed by atoms with Gasteiger partial charge in [-0.15, -0.1) is 0 Å². The van der Waals surface area contributed by atoms with E-state index in [1.165, 1.54) is 24.3 Å². The maximum absolute atomic E-state index is 13.5. The van der Waals surface area contributed by atoms with Crippen molar-refractivity contribution in [2.24, 2.45) is 0 Å². The molecule has 0 spiro atoms. The maximum atomic E-state index is 13.5. The number of carboxylic acid groups (broad SMARTS) is 1. The summed E-state index contributed by atoms with van der Waals surface area (Å²) in [5.74, 6) is -2.01. The Bertz CT molecular complexity index is 1340. The van der Waals surface area contributed by atoms with E-state index in [-0.39, 0.29) is 34.3 Å². The molecule has 0 fully saturated rings. The summed E-state index contributed by atoms with van der Waals surface area (Å²) in [5, 5.41) is 11.5. The van der Waals surface area contributed by atoms with E-state index >= 15 is 0 Å². The second-order valence-corrected chi connectivity index (χ2v) is 8.45. The zero-order chi connectivity index (χ0) is 25.3. The van der Waals surface area contributed by atoms with E-state index in [1.807, 2.05) is 0 Å². The van der Waals surface area contributed by atoms with Gasteiger partial charge in [-0.2, -0.15) is 13.2 Å². The fourth-order valence-corrected chi connectivity index (χ4v) is 4.25. The smallest absolute Gasteiger partial charge is 0.417 e. The lowest BCUT2D eigenvalue weighted by Crippen LogP contribution is -2.22. The lowest BCUT2D eigenvalue weighted by Gasteiger charge is -2.17. The van der Waals surface area contributed by atoms with Crippen LogP contribution in [0, 0.1) is 5.82 Å². The molecule has 0 bridgehead atoms. The third kappa shape index (κ3) is 5.40. The third-order valence-electron chi connectivity index (χ3n) is 5.64. The molecule has 35 heavy (non-hydrogen) atoms. The Hall–Kier alpha value is -3.59. The first-order valence-electron chi connectivity index (χ1n) is 10.5. The van der Waals surface area contributed by atoms with Crippen molar-refractivity contribution in [3.8, 4) is 5.88 Å². The van der Waals surface area contributed by atoms with Crippen LogP contribution in [0.4, 0.5) is 23.2 Å². The number of hydrogen-bond donors (Lipinski definition) is 1. The van der Waals surface area contributed by atoms with Crippen LogP contribution in [-0.2, 0) is 12.8 Å². The number of anilines is 1. The standard InChI is InChI=1S/C25H19ClF4N2O3/c26-22-10-17(27)5-4-13(22)12-35-23-21(9-16(11-32-23)25(28,29)30)20-3-1-2-19(20)14-6-15(24(33)34)8-18(31)7-14/h4-11H,1-3,12,31H2,(H,33,34)/p-1. The summed E-state index contributed by atoms with van der Waals surface area (Å²) in [6.45, 7) is -0.153. The molecule has 0 saturated heterocycles. The van der Waals surface area contributed by atoms with Crippen molar-refractivity contribution in [3.63, 3.8) is 0 Å². The van der Waals surface area contributed by atoms with Crippen molar-refractivity contribution in [2.75, 3.05) is 5.73 Å². The highest BCUT2D eigenvalue weighted by molar-refractivity contribution is 6.31. The highest BCUT2D eigenvalue weighted by atomic mass is 35.5. The molecule has 4 rings (SSSR count). The van der Waals surface area contributed by atoms with E-state index in [4.69, 9.17) is 22.1 Å². The van der Waals surface area contributed by atoms with Gasteiger partial charge in [0.2, 0.25) is 5.88 Å². The molecule has 1 aromatic heterocycles. The van der Waals surface area contributed by atoms with Crippen LogP contribution in [0.5, 0.6) is 5.88 Å². The Morgan fingerprint density at radius 1 is 1.11 bits per heavy atom. The van der Waals surface area contributed by atoms with E-state index in [9.17, 15) is 27.5 Å². The van der Waals surface area contributed by atoms with Gasteiger partial charge in [0.15, 0.2) is 0 Å². The molecule has 0 amide bonds. The fourth-order valence-electron chi connectivity index (χ4n) is 4.03. The van der Waals surface area contributed by atoms with E-state index in [0.717, 1.165) is 12.1 Å². The molecule has 0 atom stereocenters. The van der Waals surface area contributed by atoms with Gasteiger partial charge in [-0.25, -0.2) is 9.37 Å². The lowest BCUT2D eigenvalue weighted by atomic mass is 9.95. The van der Waals surface area contributed by atoms with Crippen LogP contribution in [0.25, 0.3) is 11.1 Å². The molecule has 182 valence electrons. The molecule has 10 heteroatoms. The number of nitrogens with two attached hydrogens (primary N) is 1. The van der Waals surface area contributed by atoms with Crippen LogP contribution in [0.3, 0.4) is 0 Å². The molecule has 1 heterocycles. The number of halogens is 5. The number of pyridine rings is 1. The van der Waals surface area contributed by atoms with Gasteiger partial charge in [0.25, 0.3) is 0 Å². The minimum atomic E-state index is -4.64. The van der Waals surface area contributed by atoms with Gasteiger partial charge < -0.3 is 20.4 Å². The number of nitrogen functional groups attached to an aromatic ring is 1. The van der Waals surface area contributed by atoms with Gasteiger partial charge in [0, 0.05) is 23.0 Å². The number of allylic oxidation sites excluding steroid dienone is 2. The van der Waals surface area contributed by atoms with Gasteiger partial charge in [0.05, 0.1) is 16.6 Å². The minimum Gasteiger partial charge on any atom is -0.545 e. The average Bonchev–Trinajstić information content (AvgIpc) is 3.27. The summed E-state index contributed by atoms with van der Waals surface area (Å²) in [7, 11) is 0. The molecular formula is C25H18ClF4N2O3-. The Balaban J connectivity index is 1.81. The molecule has 0 unspecified atom stereocenters. The SMILES string of the molecule is Nc1cc(C(=O)[O-])cc(C2=C(c3cc(C(F)(F)F)cnc3OCc3ccc(F)cc3Cl)CCC2)c1. The van der Waals surface area contributed by atoms with Gasteiger partial charge in [0.1, 0.15) is 12.4 Å². The Kier molecular flexibility index (Phi) is 6.71. The van der Waals surface area contributed by atoms with Gasteiger partial charge in [-0.1, -0.05) is 17.7 Å². The highest BCUT2D eigenvalue weighted by Crippen LogP contribution is 2.44. The molecule has 2 N–H and O–H groups in total. The summed E-state index contributed by atoms with van der Waals surface area (Å²) in [6, 6.07) is 8.86. The second kappa shape index (κ2) is 9.58. The number of carbonyl (C=O) groups excluding carboxylic acids is 1. The maximum Gasteiger partial charge on any atom is 0.417 e. The predicted octanol–water partition coefficient (Wildman–Crippen LogP) is 5.51. The van der Waals surface area contributed by atoms with Crippen molar-refractivity contribution in [1.82, 2.24) is 4.98 Å². The van der Waals surface area contributed by atoms with E-state index < -0.39 is 23.5 Å². The number of nitrogens with zero attached hydrogens (tertiary/aromatic N) is 1. The van der Waals surface area contributed by atoms with Crippen molar-refractivity contribution in [3.05, 3.63) is 87.3 Å². The first-order valence-corrected chi connectivity index (χ1v) is 10.9. The molecule has 0 saturated carbocycles. The molecule has 5 nitrogen and oxygen atoms in total. The van der Waals surface area contributed by atoms with Crippen molar-refractivity contribution >= 4 is 34.4 Å². The average molecular weight is 506 g/mol. The monoisotopic (exact) mass is 505 g/mol. The first-order chi connectivity index (χ1) is 16.5. The molecule has 1 aliphatic carbocycles. The Morgan fingerprint density at radius 3 is 2.54 bits per heavy atom. The first kappa shape index (κ1) is 24.5. The van der Waals surface area contributed by atoms with Gasteiger partial charge in [-0.05, 0) is 77.9 Å². The fraction of sp³-hybridized carbons (Fsp3) is 0.200. The number of carbonyl (C=O) groups is 1. The third-order valence-corrected chi connectivity index (χ3v) is 5.99. The Labute approximate surface area is 202 Å².